The number of piperidine rings is 1. The van der Waals surface area contributed by atoms with Crippen LogP contribution in [-0.2, 0) is 18.3 Å². The largest absolute Gasteiger partial charge is 0.370 e. The third-order valence-electron chi connectivity index (χ3n) is 5.70. The second-order valence-corrected chi connectivity index (χ2v) is 7.79. The van der Waals surface area contributed by atoms with Gasteiger partial charge in [0.2, 0.25) is 5.91 Å². The predicted molar refractivity (Wildman–Crippen MR) is 114 cm³/mol. The Morgan fingerprint density at radius 3 is 3.07 bits per heavy atom. The minimum Gasteiger partial charge on any atom is -0.370 e. The van der Waals surface area contributed by atoms with Crippen molar-refractivity contribution in [1.82, 2.24) is 20.1 Å². The average Bonchev–Trinajstić information content (AvgIpc) is 3.13. The molecule has 152 valence electrons. The van der Waals surface area contributed by atoms with Gasteiger partial charge in [-0.3, -0.25) is 9.59 Å². The van der Waals surface area contributed by atoms with Gasteiger partial charge in [0.25, 0.3) is 5.56 Å². The summed E-state index contributed by atoms with van der Waals surface area (Å²) >= 11 is 0. The highest BCUT2D eigenvalue weighted by molar-refractivity contribution is 5.83. The molecule has 0 aliphatic carbocycles. The highest BCUT2D eigenvalue weighted by Gasteiger charge is 2.23. The van der Waals surface area contributed by atoms with Gasteiger partial charge in [-0.25, -0.2) is 4.68 Å². The standard InChI is InChI=1S/C22H27N5O2/c1-26-22(29)12-18(14-25-26)27-10-4-5-16(15-27)11-21(28)23-9-8-17-13-24-20-7-3-2-6-19(17)20/h2-3,6-7,12-14,16,24H,4-5,8-11,15H2,1H3,(H,23,28). The van der Waals surface area contributed by atoms with E-state index in [2.05, 4.69) is 32.4 Å². The van der Waals surface area contributed by atoms with Crippen LogP contribution in [0, 0.1) is 5.92 Å². The molecule has 0 spiro atoms. The summed E-state index contributed by atoms with van der Waals surface area (Å²) in [7, 11) is 1.64. The summed E-state index contributed by atoms with van der Waals surface area (Å²) < 4.78 is 1.33. The van der Waals surface area contributed by atoms with E-state index in [0.29, 0.717) is 18.9 Å². The van der Waals surface area contributed by atoms with Crippen molar-refractivity contribution >= 4 is 22.5 Å². The van der Waals surface area contributed by atoms with Gasteiger partial charge in [-0.15, -0.1) is 0 Å². The molecule has 2 N–H and O–H groups in total. The van der Waals surface area contributed by atoms with E-state index in [1.807, 2.05) is 18.3 Å². The topological polar surface area (TPSA) is 83.0 Å². The fourth-order valence-corrected chi connectivity index (χ4v) is 4.11. The number of fused-ring (bicyclic) bond motifs is 1. The van der Waals surface area contributed by atoms with Crippen molar-refractivity contribution < 1.29 is 4.79 Å². The molecule has 1 amide bonds. The quantitative estimate of drug-likeness (QED) is 0.673. The Hall–Kier alpha value is -3.09. The van der Waals surface area contributed by atoms with Gasteiger partial charge in [0, 0.05) is 56.3 Å². The number of carbonyl (C=O) groups excluding carboxylic acids is 1. The molecule has 3 heterocycles. The van der Waals surface area contributed by atoms with E-state index < -0.39 is 0 Å². The first kappa shape index (κ1) is 19.2. The molecule has 2 aromatic heterocycles. The van der Waals surface area contributed by atoms with Crippen molar-refractivity contribution in [3.05, 3.63) is 58.6 Å². The maximum absolute atomic E-state index is 12.4. The van der Waals surface area contributed by atoms with Crippen molar-refractivity contribution in [3.63, 3.8) is 0 Å². The number of H-pyrrole nitrogens is 1. The Morgan fingerprint density at radius 2 is 2.21 bits per heavy atom. The van der Waals surface area contributed by atoms with E-state index in [0.717, 1.165) is 43.6 Å². The molecule has 7 nitrogen and oxygen atoms in total. The molecule has 0 bridgehead atoms. The van der Waals surface area contributed by atoms with Crippen molar-refractivity contribution in [2.24, 2.45) is 13.0 Å². The van der Waals surface area contributed by atoms with Gasteiger partial charge in [0.05, 0.1) is 11.9 Å². The molecule has 1 fully saturated rings. The van der Waals surface area contributed by atoms with Gasteiger partial charge in [0.1, 0.15) is 0 Å². The van der Waals surface area contributed by atoms with E-state index in [1.54, 1.807) is 19.3 Å². The SMILES string of the molecule is Cn1ncc(N2CCCC(CC(=O)NCCc3c[nH]c4ccccc34)C2)cc1=O. The molecule has 3 aromatic rings. The first-order chi connectivity index (χ1) is 14.1. The first-order valence-corrected chi connectivity index (χ1v) is 10.2. The minimum atomic E-state index is -0.111. The molecule has 1 atom stereocenters. The minimum absolute atomic E-state index is 0.0961. The molecule has 4 rings (SSSR count). The third-order valence-corrected chi connectivity index (χ3v) is 5.70. The lowest BCUT2D eigenvalue weighted by molar-refractivity contribution is -0.122. The number of benzene rings is 1. The Morgan fingerprint density at radius 1 is 1.34 bits per heavy atom. The number of carbonyl (C=O) groups is 1. The van der Waals surface area contributed by atoms with E-state index in [4.69, 9.17) is 0 Å². The van der Waals surface area contributed by atoms with E-state index in [1.165, 1.54) is 15.6 Å². The number of aryl methyl sites for hydroxylation is 1. The Balaban J connectivity index is 1.28. The molecule has 1 aliphatic heterocycles. The van der Waals surface area contributed by atoms with Crippen LogP contribution in [-0.4, -0.2) is 40.3 Å². The van der Waals surface area contributed by atoms with E-state index in [9.17, 15) is 9.59 Å². The van der Waals surface area contributed by atoms with Crippen LogP contribution in [0.1, 0.15) is 24.8 Å². The molecule has 1 unspecified atom stereocenters. The summed E-state index contributed by atoms with van der Waals surface area (Å²) in [5, 5.41) is 8.39. The smallest absolute Gasteiger partial charge is 0.268 e. The molecule has 0 radical (unpaired) electrons. The zero-order valence-electron chi connectivity index (χ0n) is 16.7. The number of aromatic nitrogens is 3. The maximum atomic E-state index is 12.4. The van der Waals surface area contributed by atoms with Gasteiger partial charge >= 0.3 is 0 Å². The van der Waals surface area contributed by atoms with Crippen LogP contribution in [0.5, 0.6) is 0 Å². The van der Waals surface area contributed by atoms with Gasteiger partial charge < -0.3 is 15.2 Å². The number of amides is 1. The zero-order valence-corrected chi connectivity index (χ0v) is 16.7. The van der Waals surface area contributed by atoms with Gasteiger partial charge in [-0.05, 0) is 36.8 Å². The number of aromatic amines is 1. The van der Waals surface area contributed by atoms with Crippen LogP contribution in [0.15, 0.2) is 47.5 Å². The fourth-order valence-electron chi connectivity index (χ4n) is 4.11. The highest BCUT2D eigenvalue weighted by atomic mass is 16.1. The summed E-state index contributed by atoms with van der Waals surface area (Å²) in [4.78, 5) is 29.7. The van der Waals surface area contributed by atoms with Crippen LogP contribution in [0.2, 0.25) is 0 Å². The number of hydrogen-bond donors (Lipinski definition) is 2. The number of nitrogens with one attached hydrogen (secondary N) is 2. The van der Waals surface area contributed by atoms with Crippen LogP contribution in [0.4, 0.5) is 5.69 Å². The zero-order chi connectivity index (χ0) is 20.2. The maximum Gasteiger partial charge on any atom is 0.268 e. The second-order valence-electron chi connectivity index (χ2n) is 7.79. The lowest BCUT2D eigenvalue weighted by Crippen LogP contribution is -2.39. The van der Waals surface area contributed by atoms with Crippen LogP contribution in [0.25, 0.3) is 10.9 Å². The molecule has 1 aromatic carbocycles. The lowest BCUT2D eigenvalue weighted by atomic mass is 9.94. The molecule has 1 aliphatic rings. The van der Waals surface area contributed by atoms with Crippen molar-refractivity contribution in [2.45, 2.75) is 25.7 Å². The summed E-state index contributed by atoms with van der Waals surface area (Å²) in [6.07, 6.45) is 7.13. The van der Waals surface area contributed by atoms with Gasteiger partial charge in [-0.2, -0.15) is 5.10 Å². The molecule has 1 saturated heterocycles. The number of nitrogens with zero attached hydrogens (tertiary/aromatic N) is 3. The number of hydrogen-bond acceptors (Lipinski definition) is 4. The molecular formula is C22H27N5O2. The molecule has 29 heavy (non-hydrogen) atoms. The summed E-state index contributed by atoms with van der Waals surface area (Å²) in [5.41, 5.74) is 3.08. The normalized spacial score (nSPS) is 16.9. The van der Waals surface area contributed by atoms with Gasteiger partial charge in [0.15, 0.2) is 0 Å². The lowest BCUT2D eigenvalue weighted by Gasteiger charge is -2.33. The van der Waals surface area contributed by atoms with Crippen molar-refractivity contribution in [2.75, 3.05) is 24.5 Å². The fraction of sp³-hybridized carbons (Fsp3) is 0.409. The monoisotopic (exact) mass is 393 g/mol. The van der Waals surface area contributed by atoms with E-state index in [-0.39, 0.29) is 11.5 Å². The molecule has 0 saturated carbocycles. The Kier molecular flexibility index (Phi) is 5.64. The second kappa shape index (κ2) is 8.51. The summed E-state index contributed by atoms with van der Waals surface area (Å²) in [6.45, 7) is 2.31. The number of para-hydroxylation sites is 1. The van der Waals surface area contributed by atoms with Crippen LogP contribution >= 0.6 is 0 Å². The number of anilines is 1. The first-order valence-electron chi connectivity index (χ1n) is 10.2. The van der Waals surface area contributed by atoms with Gasteiger partial charge in [-0.1, -0.05) is 18.2 Å². The Bertz CT molecular complexity index is 1050. The predicted octanol–water partition coefficient (Wildman–Crippen LogP) is 2.23. The van der Waals surface area contributed by atoms with Crippen molar-refractivity contribution in [3.8, 4) is 0 Å². The third kappa shape index (κ3) is 4.50. The van der Waals surface area contributed by atoms with Crippen LogP contribution in [0.3, 0.4) is 0 Å². The summed E-state index contributed by atoms with van der Waals surface area (Å²) in [5.74, 6) is 0.389. The van der Waals surface area contributed by atoms with Crippen molar-refractivity contribution in [1.29, 1.82) is 0 Å². The highest BCUT2D eigenvalue weighted by Crippen LogP contribution is 2.24. The molecule has 7 heteroatoms. The number of rotatable bonds is 6. The van der Waals surface area contributed by atoms with Crippen LogP contribution < -0.4 is 15.8 Å². The Labute approximate surface area is 169 Å². The van der Waals surface area contributed by atoms with E-state index >= 15 is 0 Å². The summed E-state index contributed by atoms with van der Waals surface area (Å²) in [6, 6.07) is 9.83. The average molecular weight is 393 g/mol. The molecular weight excluding hydrogens is 366 g/mol.